The van der Waals surface area contributed by atoms with E-state index in [-0.39, 0.29) is 10.8 Å². The number of carbonyl (C=O) groups excluding carboxylic acids is 1. The van der Waals surface area contributed by atoms with E-state index < -0.39 is 10.0 Å². The van der Waals surface area contributed by atoms with Crippen LogP contribution >= 0.6 is 0 Å². The number of nitrogens with one attached hydrogen (secondary N) is 1. The number of rotatable bonds is 12. The van der Waals surface area contributed by atoms with Crippen molar-refractivity contribution < 1.29 is 27.4 Å². The van der Waals surface area contributed by atoms with Gasteiger partial charge in [-0.15, -0.1) is 0 Å². The van der Waals surface area contributed by atoms with Crippen LogP contribution in [0, 0.1) is 0 Å². The summed E-state index contributed by atoms with van der Waals surface area (Å²) in [6.07, 6.45) is 3.04. The van der Waals surface area contributed by atoms with Gasteiger partial charge >= 0.3 is 0 Å². The summed E-state index contributed by atoms with van der Waals surface area (Å²) in [5.41, 5.74) is 2.12. The van der Waals surface area contributed by atoms with Crippen LogP contribution in [0.1, 0.15) is 33.3 Å². The molecule has 1 N–H and O–H groups in total. The summed E-state index contributed by atoms with van der Waals surface area (Å²) in [6, 6.07) is 10.1. The molecule has 0 atom stereocenters. The summed E-state index contributed by atoms with van der Waals surface area (Å²) < 4.78 is 43.9. The van der Waals surface area contributed by atoms with Gasteiger partial charge < -0.3 is 24.4 Å². The minimum absolute atomic E-state index is 0.225. The molecule has 1 saturated heterocycles. The number of benzene rings is 2. The highest BCUT2D eigenvalue weighted by molar-refractivity contribution is 7.89. The lowest BCUT2D eigenvalue weighted by atomic mass is 10.2. The molecule has 3 rings (SSSR count). The van der Waals surface area contributed by atoms with Gasteiger partial charge in [0.05, 0.1) is 42.7 Å². The predicted octanol–water partition coefficient (Wildman–Crippen LogP) is 4.00. The van der Waals surface area contributed by atoms with Gasteiger partial charge in [-0.2, -0.15) is 4.31 Å². The standard InChI is InChI=1S/C27H37N3O6S/c1-5-30(6-2)37(32,33)22-12-9-21(10-13-22)11-14-27(31)28-23-19-26(36-8-4)24(20-25(23)35-7-3)29-15-17-34-18-16-29/h9-14,19-20H,5-8,15-18H2,1-4H3,(H,28,31). The van der Waals surface area contributed by atoms with Crippen LogP contribution in [0.5, 0.6) is 11.5 Å². The molecule has 1 aliphatic rings. The monoisotopic (exact) mass is 531 g/mol. The molecule has 9 nitrogen and oxygen atoms in total. The number of carbonyl (C=O) groups is 1. The van der Waals surface area contributed by atoms with Crippen molar-refractivity contribution in [1.82, 2.24) is 4.31 Å². The molecular weight excluding hydrogens is 494 g/mol. The summed E-state index contributed by atoms with van der Waals surface area (Å²) in [5, 5.41) is 2.88. The van der Waals surface area contributed by atoms with E-state index in [9.17, 15) is 13.2 Å². The average molecular weight is 532 g/mol. The van der Waals surface area contributed by atoms with Crippen LogP contribution in [-0.2, 0) is 19.6 Å². The highest BCUT2D eigenvalue weighted by Gasteiger charge is 2.22. The van der Waals surface area contributed by atoms with Crippen molar-refractivity contribution in [2.24, 2.45) is 0 Å². The minimum Gasteiger partial charge on any atom is -0.492 e. The van der Waals surface area contributed by atoms with E-state index in [0.29, 0.717) is 62.3 Å². The molecule has 0 saturated carbocycles. The van der Waals surface area contributed by atoms with E-state index in [0.717, 1.165) is 18.8 Å². The number of morpholine rings is 1. The number of amides is 1. The Kier molecular flexibility index (Phi) is 10.4. The summed E-state index contributed by atoms with van der Waals surface area (Å²) >= 11 is 0. The zero-order valence-corrected chi connectivity index (χ0v) is 22.8. The molecule has 10 heteroatoms. The average Bonchev–Trinajstić information content (AvgIpc) is 2.90. The molecule has 2 aromatic rings. The quantitative estimate of drug-likeness (QED) is 0.414. The Balaban J connectivity index is 1.78. The Hall–Kier alpha value is -3.08. The van der Waals surface area contributed by atoms with E-state index in [2.05, 4.69) is 10.2 Å². The largest absolute Gasteiger partial charge is 0.492 e. The molecule has 37 heavy (non-hydrogen) atoms. The summed E-state index contributed by atoms with van der Waals surface area (Å²) in [7, 11) is -3.53. The third-order valence-electron chi connectivity index (χ3n) is 5.92. The van der Waals surface area contributed by atoms with E-state index >= 15 is 0 Å². The maximum Gasteiger partial charge on any atom is 0.248 e. The van der Waals surface area contributed by atoms with E-state index in [1.54, 1.807) is 50.3 Å². The summed E-state index contributed by atoms with van der Waals surface area (Å²) in [5.74, 6) is 0.875. The third kappa shape index (κ3) is 7.24. The van der Waals surface area contributed by atoms with Gasteiger partial charge in [0.1, 0.15) is 11.5 Å². The molecule has 1 fully saturated rings. The molecular formula is C27H37N3O6S. The number of nitrogens with zero attached hydrogens (tertiary/aromatic N) is 2. The summed E-state index contributed by atoms with van der Waals surface area (Å²) in [6.45, 7) is 11.9. The molecule has 202 valence electrons. The maximum atomic E-state index is 12.8. The minimum atomic E-state index is -3.53. The van der Waals surface area contributed by atoms with Crippen LogP contribution in [0.2, 0.25) is 0 Å². The molecule has 2 aromatic carbocycles. The number of hydrogen-bond acceptors (Lipinski definition) is 7. The van der Waals surface area contributed by atoms with Crippen LogP contribution in [-0.4, -0.2) is 71.2 Å². The first-order valence-corrected chi connectivity index (χ1v) is 14.1. The fourth-order valence-electron chi connectivity index (χ4n) is 4.05. The Morgan fingerprint density at radius 3 is 2.22 bits per heavy atom. The second-order valence-corrected chi connectivity index (χ2v) is 10.2. The SMILES string of the molecule is CCOc1cc(N2CCOCC2)c(OCC)cc1NC(=O)C=Cc1ccc(S(=O)(=O)N(CC)CC)cc1. The van der Waals surface area contributed by atoms with Crippen molar-refractivity contribution in [3.8, 4) is 11.5 Å². The van der Waals surface area contributed by atoms with Gasteiger partial charge in [0.15, 0.2) is 0 Å². The molecule has 0 spiro atoms. The molecule has 0 aliphatic carbocycles. The molecule has 1 amide bonds. The number of hydrogen-bond donors (Lipinski definition) is 1. The van der Waals surface area contributed by atoms with Gasteiger partial charge in [0.2, 0.25) is 15.9 Å². The lowest BCUT2D eigenvalue weighted by molar-refractivity contribution is -0.111. The highest BCUT2D eigenvalue weighted by Crippen LogP contribution is 2.39. The molecule has 1 aliphatic heterocycles. The molecule has 0 bridgehead atoms. The maximum absolute atomic E-state index is 12.8. The van der Waals surface area contributed by atoms with Gasteiger partial charge in [-0.05, 0) is 37.6 Å². The number of anilines is 2. The number of ether oxygens (including phenoxy) is 3. The topological polar surface area (TPSA) is 97.4 Å². The van der Waals surface area contributed by atoms with Crippen molar-refractivity contribution >= 4 is 33.4 Å². The molecule has 0 radical (unpaired) electrons. The van der Waals surface area contributed by atoms with Gasteiger partial charge in [-0.3, -0.25) is 4.79 Å². The zero-order chi connectivity index (χ0) is 26.8. The first-order chi connectivity index (χ1) is 17.8. The van der Waals surface area contributed by atoms with Crippen LogP contribution < -0.4 is 19.7 Å². The van der Waals surface area contributed by atoms with Crippen molar-refractivity contribution in [2.75, 3.05) is 62.8 Å². The zero-order valence-electron chi connectivity index (χ0n) is 22.0. The van der Waals surface area contributed by atoms with E-state index in [4.69, 9.17) is 14.2 Å². The first kappa shape index (κ1) is 28.5. The number of sulfonamides is 1. The Labute approximate surface area is 220 Å². The third-order valence-corrected chi connectivity index (χ3v) is 7.99. The van der Waals surface area contributed by atoms with Gasteiger partial charge in [-0.1, -0.05) is 26.0 Å². The normalized spacial score (nSPS) is 14.2. The Morgan fingerprint density at radius 2 is 1.62 bits per heavy atom. The highest BCUT2D eigenvalue weighted by atomic mass is 32.2. The second kappa shape index (κ2) is 13.5. The van der Waals surface area contributed by atoms with E-state index in [1.807, 2.05) is 19.9 Å². The predicted molar refractivity (Wildman–Crippen MR) is 146 cm³/mol. The van der Waals surface area contributed by atoms with Gasteiger partial charge in [0.25, 0.3) is 0 Å². The van der Waals surface area contributed by atoms with Crippen LogP contribution in [0.4, 0.5) is 11.4 Å². The summed E-state index contributed by atoms with van der Waals surface area (Å²) in [4.78, 5) is 15.2. The van der Waals surface area contributed by atoms with Crippen LogP contribution in [0.3, 0.4) is 0 Å². The van der Waals surface area contributed by atoms with Gasteiger partial charge in [0, 0.05) is 44.4 Å². The van der Waals surface area contributed by atoms with Crippen LogP contribution in [0.15, 0.2) is 47.4 Å². The molecule has 0 unspecified atom stereocenters. The van der Waals surface area contributed by atoms with E-state index in [1.165, 1.54) is 10.4 Å². The molecule has 1 heterocycles. The van der Waals surface area contributed by atoms with Crippen molar-refractivity contribution in [3.05, 3.63) is 48.0 Å². The van der Waals surface area contributed by atoms with Crippen molar-refractivity contribution in [2.45, 2.75) is 32.6 Å². The van der Waals surface area contributed by atoms with Crippen LogP contribution in [0.25, 0.3) is 6.08 Å². The fourth-order valence-corrected chi connectivity index (χ4v) is 5.51. The van der Waals surface area contributed by atoms with Crippen molar-refractivity contribution in [3.63, 3.8) is 0 Å². The molecule has 0 aromatic heterocycles. The smallest absolute Gasteiger partial charge is 0.248 e. The Bertz CT molecular complexity index is 1170. The fraction of sp³-hybridized carbons (Fsp3) is 0.444. The first-order valence-electron chi connectivity index (χ1n) is 12.7. The lowest BCUT2D eigenvalue weighted by Crippen LogP contribution is -2.36. The van der Waals surface area contributed by atoms with Gasteiger partial charge in [-0.25, -0.2) is 8.42 Å². The Morgan fingerprint density at radius 1 is 1.00 bits per heavy atom. The second-order valence-electron chi connectivity index (χ2n) is 8.26. The lowest BCUT2D eigenvalue weighted by Gasteiger charge is -2.31. The van der Waals surface area contributed by atoms with Crippen molar-refractivity contribution in [1.29, 1.82) is 0 Å².